The lowest BCUT2D eigenvalue weighted by Gasteiger charge is -2.02. The van der Waals surface area contributed by atoms with Gasteiger partial charge in [-0.1, -0.05) is 51.8 Å². The molecule has 0 radical (unpaired) electrons. The van der Waals surface area contributed by atoms with Crippen LogP contribution in [0.3, 0.4) is 0 Å². The molecule has 62 valence electrons. The summed E-state index contributed by atoms with van der Waals surface area (Å²) in [5.41, 5.74) is 4.33. The van der Waals surface area contributed by atoms with Crippen molar-refractivity contribution in [3.63, 3.8) is 0 Å². The molecule has 1 aliphatic rings. The molecule has 0 aromatic heterocycles. The molecule has 0 spiro atoms. The highest BCUT2D eigenvalue weighted by molar-refractivity contribution is 9.09. The summed E-state index contributed by atoms with van der Waals surface area (Å²) in [5, 5.41) is 0. The van der Waals surface area contributed by atoms with Gasteiger partial charge in [0.2, 0.25) is 0 Å². The summed E-state index contributed by atoms with van der Waals surface area (Å²) in [6, 6.07) is 8.58. The zero-order valence-corrected chi connectivity index (χ0v) is 8.64. The molecule has 0 fully saturated rings. The maximum Gasteiger partial charge on any atom is 0.0332 e. The topological polar surface area (TPSA) is 0 Å². The number of fused-ring (bicyclic) bond motifs is 1. The van der Waals surface area contributed by atoms with E-state index in [2.05, 4.69) is 53.2 Å². The first-order valence-corrected chi connectivity index (χ1v) is 5.11. The van der Waals surface area contributed by atoms with Crippen LogP contribution in [0.25, 0.3) is 6.08 Å². The van der Waals surface area contributed by atoms with E-state index in [1.807, 2.05) is 0 Å². The predicted molar refractivity (Wildman–Crippen MR) is 56.5 cm³/mol. The fourth-order valence-corrected chi connectivity index (χ4v) is 1.86. The summed E-state index contributed by atoms with van der Waals surface area (Å²) in [6.45, 7) is 2.18. The minimum atomic E-state index is 0.505. The molecule has 2 rings (SSSR count). The Morgan fingerprint density at radius 1 is 1.33 bits per heavy atom. The maximum absolute atomic E-state index is 3.59. The third-order valence-corrected chi connectivity index (χ3v) is 2.89. The smallest absolute Gasteiger partial charge is 0.0332 e. The Morgan fingerprint density at radius 3 is 2.75 bits per heavy atom. The third-order valence-electron chi connectivity index (χ3n) is 2.30. The van der Waals surface area contributed by atoms with E-state index in [4.69, 9.17) is 0 Å². The van der Waals surface area contributed by atoms with Crippen LogP contribution in [0.5, 0.6) is 0 Å². The third kappa shape index (κ3) is 1.34. The highest BCUT2D eigenvalue weighted by Gasteiger charge is 2.14. The Hall–Kier alpha value is -0.560. The molecule has 0 bridgehead atoms. The standard InChI is InChI=1S/C11H11Br/c1-8(12)11-6-9-4-2-3-5-10(9)7-11/h2-6,8H,7H2,1H3. The van der Waals surface area contributed by atoms with Crippen molar-refractivity contribution in [1.29, 1.82) is 0 Å². The molecule has 0 saturated heterocycles. The van der Waals surface area contributed by atoms with Crippen LogP contribution in [0.4, 0.5) is 0 Å². The van der Waals surface area contributed by atoms with Gasteiger partial charge in [-0.15, -0.1) is 0 Å². The van der Waals surface area contributed by atoms with Gasteiger partial charge in [-0.25, -0.2) is 0 Å². The van der Waals surface area contributed by atoms with Crippen LogP contribution in [-0.2, 0) is 6.42 Å². The quantitative estimate of drug-likeness (QED) is 0.640. The van der Waals surface area contributed by atoms with E-state index >= 15 is 0 Å². The van der Waals surface area contributed by atoms with Crippen molar-refractivity contribution in [2.75, 3.05) is 0 Å². The SMILES string of the molecule is CC(Br)C1=Cc2ccccc2C1. The summed E-state index contributed by atoms with van der Waals surface area (Å²) >= 11 is 3.59. The van der Waals surface area contributed by atoms with Gasteiger partial charge in [0, 0.05) is 4.83 Å². The van der Waals surface area contributed by atoms with E-state index in [0.717, 1.165) is 6.42 Å². The lowest BCUT2D eigenvalue weighted by Crippen LogP contribution is -1.95. The van der Waals surface area contributed by atoms with E-state index in [1.54, 1.807) is 0 Å². The number of allylic oxidation sites excluding steroid dienone is 1. The minimum absolute atomic E-state index is 0.505. The van der Waals surface area contributed by atoms with E-state index in [-0.39, 0.29) is 0 Å². The Morgan fingerprint density at radius 2 is 2.08 bits per heavy atom. The first-order valence-electron chi connectivity index (χ1n) is 4.20. The van der Waals surface area contributed by atoms with E-state index in [1.165, 1.54) is 16.7 Å². The molecule has 1 unspecified atom stereocenters. The molecule has 1 heteroatoms. The second kappa shape index (κ2) is 3.06. The average molecular weight is 223 g/mol. The van der Waals surface area contributed by atoms with Crippen LogP contribution in [0.1, 0.15) is 18.1 Å². The summed E-state index contributed by atoms with van der Waals surface area (Å²) in [6.07, 6.45) is 3.40. The van der Waals surface area contributed by atoms with Gasteiger partial charge in [-0.2, -0.15) is 0 Å². The highest BCUT2D eigenvalue weighted by atomic mass is 79.9. The summed E-state index contributed by atoms with van der Waals surface area (Å²) in [7, 11) is 0. The van der Waals surface area contributed by atoms with Crippen molar-refractivity contribution >= 4 is 22.0 Å². The summed E-state index contributed by atoms with van der Waals surface area (Å²) in [5.74, 6) is 0. The number of rotatable bonds is 1. The van der Waals surface area contributed by atoms with Crippen molar-refractivity contribution < 1.29 is 0 Å². The van der Waals surface area contributed by atoms with E-state index < -0.39 is 0 Å². The van der Waals surface area contributed by atoms with Gasteiger partial charge in [0.05, 0.1) is 0 Å². The molecule has 12 heavy (non-hydrogen) atoms. The van der Waals surface area contributed by atoms with E-state index in [0.29, 0.717) is 4.83 Å². The first-order chi connectivity index (χ1) is 5.77. The molecular weight excluding hydrogens is 212 g/mol. The van der Waals surface area contributed by atoms with Gasteiger partial charge < -0.3 is 0 Å². The van der Waals surface area contributed by atoms with Gasteiger partial charge in [0.15, 0.2) is 0 Å². The maximum atomic E-state index is 3.59. The second-order valence-corrected chi connectivity index (χ2v) is 4.58. The fourth-order valence-electron chi connectivity index (χ4n) is 1.56. The molecule has 0 N–H and O–H groups in total. The molecule has 0 saturated carbocycles. The van der Waals surface area contributed by atoms with Crippen LogP contribution in [0.15, 0.2) is 29.8 Å². The van der Waals surface area contributed by atoms with Crippen molar-refractivity contribution in [2.24, 2.45) is 0 Å². The number of hydrogen-bond acceptors (Lipinski definition) is 0. The normalized spacial score (nSPS) is 17.0. The summed E-state index contributed by atoms with van der Waals surface area (Å²) < 4.78 is 0. The predicted octanol–water partition coefficient (Wildman–Crippen LogP) is 3.41. The minimum Gasteiger partial charge on any atom is -0.0845 e. The Labute approximate surface area is 81.4 Å². The average Bonchev–Trinajstić information content (AvgIpc) is 2.46. The van der Waals surface area contributed by atoms with E-state index in [9.17, 15) is 0 Å². The van der Waals surface area contributed by atoms with Crippen LogP contribution in [0, 0.1) is 0 Å². The van der Waals surface area contributed by atoms with Gasteiger partial charge >= 0.3 is 0 Å². The lowest BCUT2D eigenvalue weighted by molar-refractivity contribution is 1.07. The molecule has 1 aromatic rings. The molecule has 0 aliphatic heterocycles. The van der Waals surface area contributed by atoms with Gasteiger partial charge in [-0.05, 0) is 24.5 Å². The van der Waals surface area contributed by atoms with Gasteiger partial charge in [-0.3, -0.25) is 0 Å². The number of benzene rings is 1. The first kappa shape index (κ1) is 8.06. The number of halogens is 1. The van der Waals surface area contributed by atoms with Crippen LogP contribution in [0.2, 0.25) is 0 Å². The molecular formula is C11H11Br. The Bertz CT molecular complexity index is 324. The summed E-state index contributed by atoms with van der Waals surface area (Å²) in [4.78, 5) is 0.505. The molecule has 0 heterocycles. The van der Waals surface area contributed by atoms with Crippen molar-refractivity contribution in [1.82, 2.24) is 0 Å². The van der Waals surface area contributed by atoms with Crippen molar-refractivity contribution in [2.45, 2.75) is 18.2 Å². The van der Waals surface area contributed by atoms with Crippen LogP contribution >= 0.6 is 15.9 Å². The lowest BCUT2D eigenvalue weighted by atomic mass is 10.1. The molecule has 1 aromatic carbocycles. The Balaban J connectivity index is 2.35. The fraction of sp³-hybridized carbons (Fsp3) is 0.273. The number of alkyl halides is 1. The van der Waals surface area contributed by atoms with Gasteiger partial charge in [0.25, 0.3) is 0 Å². The second-order valence-electron chi connectivity index (χ2n) is 3.21. The van der Waals surface area contributed by atoms with Gasteiger partial charge in [0.1, 0.15) is 0 Å². The largest absolute Gasteiger partial charge is 0.0845 e. The molecule has 0 amide bonds. The zero-order valence-electron chi connectivity index (χ0n) is 7.05. The zero-order chi connectivity index (χ0) is 8.55. The number of hydrogen-bond donors (Lipinski definition) is 0. The van der Waals surface area contributed by atoms with Crippen molar-refractivity contribution in [3.05, 3.63) is 41.0 Å². The van der Waals surface area contributed by atoms with Crippen LogP contribution in [-0.4, -0.2) is 4.83 Å². The molecule has 1 atom stereocenters. The van der Waals surface area contributed by atoms with Crippen molar-refractivity contribution in [3.8, 4) is 0 Å². The Kier molecular flexibility index (Phi) is 2.05. The highest BCUT2D eigenvalue weighted by Crippen LogP contribution is 2.28. The monoisotopic (exact) mass is 222 g/mol. The molecule has 1 aliphatic carbocycles. The molecule has 0 nitrogen and oxygen atoms in total. The van der Waals surface area contributed by atoms with Crippen LogP contribution < -0.4 is 0 Å².